The van der Waals surface area contributed by atoms with Gasteiger partial charge in [-0.15, -0.1) is 0 Å². The van der Waals surface area contributed by atoms with E-state index in [2.05, 4.69) is 11.3 Å². The van der Waals surface area contributed by atoms with Gasteiger partial charge in [0.25, 0.3) is 0 Å². The third-order valence-corrected chi connectivity index (χ3v) is 4.94. The summed E-state index contributed by atoms with van der Waals surface area (Å²) < 4.78 is 67.1. The largest absolute Gasteiger partial charge is 0.743 e. The van der Waals surface area contributed by atoms with E-state index in [1.165, 1.54) is 6.92 Å². The monoisotopic (exact) mass is 353 g/mol. The maximum atomic E-state index is 13.1. The number of rotatable bonds is 5. The molecule has 2 aliphatic carbocycles. The lowest BCUT2D eigenvalue weighted by Gasteiger charge is -2.29. The third-order valence-electron chi connectivity index (χ3n) is 4.14. The number of carbonyl (C=O) groups excluding carboxylic acids is 2. The van der Waals surface area contributed by atoms with Gasteiger partial charge in [0.1, 0.15) is 12.2 Å². The lowest BCUT2D eigenvalue weighted by Crippen LogP contribution is -2.42. The topological polar surface area (TPSA) is 110 Å². The van der Waals surface area contributed by atoms with Gasteiger partial charge in [0, 0.05) is 5.57 Å². The second-order valence-corrected chi connectivity index (χ2v) is 7.29. The maximum Gasteiger partial charge on any atom is 0.428 e. The highest BCUT2D eigenvalue weighted by Gasteiger charge is 2.54. The van der Waals surface area contributed by atoms with Crippen LogP contribution in [0.15, 0.2) is 12.2 Å². The quantitative estimate of drug-likeness (QED) is 0.411. The highest BCUT2D eigenvalue weighted by atomic mass is 32.2. The minimum Gasteiger partial charge on any atom is -0.743 e. The number of alkyl halides is 2. The number of halogens is 2. The van der Waals surface area contributed by atoms with Crippen LogP contribution in [0, 0.1) is 11.8 Å². The molecule has 0 aliphatic heterocycles. The summed E-state index contributed by atoms with van der Waals surface area (Å²) in [7, 11) is -6.13. The first-order valence-electron chi connectivity index (χ1n) is 6.84. The molecule has 2 bridgehead atoms. The van der Waals surface area contributed by atoms with Gasteiger partial charge in [-0.05, 0) is 38.0 Å². The van der Waals surface area contributed by atoms with Crippen molar-refractivity contribution in [3.8, 4) is 0 Å². The molecule has 0 aromatic rings. The average Bonchev–Trinajstić information content (AvgIpc) is 2.96. The summed E-state index contributed by atoms with van der Waals surface area (Å²) in [4.78, 5) is 22.7. The predicted octanol–water partition coefficient (Wildman–Crippen LogP) is 0.954. The van der Waals surface area contributed by atoms with Crippen molar-refractivity contribution in [2.75, 3.05) is 0 Å². The van der Waals surface area contributed by atoms with E-state index in [-0.39, 0.29) is 23.8 Å². The third kappa shape index (κ3) is 3.37. The van der Waals surface area contributed by atoms with E-state index in [9.17, 15) is 31.3 Å². The average molecular weight is 353 g/mol. The Labute approximate surface area is 131 Å². The van der Waals surface area contributed by atoms with Crippen LogP contribution < -0.4 is 0 Å². The molecule has 0 amide bonds. The van der Waals surface area contributed by atoms with Crippen molar-refractivity contribution in [2.45, 2.75) is 43.6 Å². The molecule has 0 heterocycles. The Morgan fingerprint density at radius 1 is 1.13 bits per heavy atom. The van der Waals surface area contributed by atoms with Gasteiger partial charge >= 0.3 is 17.2 Å². The molecule has 0 aromatic carbocycles. The molecule has 0 radical (unpaired) electrons. The van der Waals surface area contributed by atoms with Crippen LogP contribution in [0.1, 0.15) is 26.2 Å². The van der Waals surface area contributed by atoms with Crippen molar-refractivity contribution >= 4 is 22.1 Å². The number of hydrogen-bond acceptors (Lipinski definition) is 7. The lowest BCUT2D eigenvalue weighted by atomic mass is 9.95. The zero-order chi connectivity index (χ0) is 17.6. The first-order chi connectivity index (χ1) is 10.4. The lowest BCUT2D eigenvalue weighted by molar-refractivity contribution is -0.172. The standard InChI is InChI=1S/C13H16F2O7S/c1-6(2)11(16)21-9-4-8-3-7(9)5-10(8)22-12(17)13(14,15)23(18,19)20/h7-10H,1,3-5H2,2H3,(H,18,19,20)/p-1. The van der Waals surface area contributed by atoms with Gasteiger partial charge in [0.2, 0.25) is 0 Å². The summed E-state index contributed by atoms with van der Waals surface area (Å²) in [6.45, 7) is 4.94. The Kier molecular flexibility index (Phi) is 4.51. The van der Waals surface area contributed by atoms with Crippen molar-refractivity contribution in [3.63, 3.8) is 0 Å². The Hall–Kier alpha value is -1.55. The van der Waals surface area contributed by atoms with Crippen molar-refractivity contribution in [1.29, 1.82) is 0 Å². The van der Waals surface area contributed by atoms with Crippen LogP contribution in [0.3, 0.4) is 0 Å². The first-order valence-corrected chi connectivity index (χ1v) is 8.25. The SMILES string of the molecule is C=C(C)C(=O)OC1CC2CC1CC2OC(=O)C(F)(F)S(=O)(=O)[O-]. The molecule has 0 saturated heterocycles. The smallest absolute Gasteiger partial charge is 0.428 e. The molecule has 2 aliphatic rings. The minimum atomic E-state index is -6.13. The van der Waals surface area contributed by atoms with Crippen LogP contribution >= 0.6 is 0 Å². The fourth-order valence-corrected chi connectivity index (χ4v) is 3.26. The summed E-state index contributed by atoms with van der Waals surface area (Å²) in [6.07, 6.45) is -0.346. The van der Waals surface area contributed by atoms with E-state index in [0.717, 1.165) is 0 Å². The number of carbonyl (C=O) groups is 2. The molecule has 23 heavy (non-hydrogen) atoms. The number of fused-ring (bicyclic) bond motifs is 2. The van der Waals surface area contributed by atoms with Crippen LogP contribution in [0.5, 0.6) is 0 Å². The minimum absolute atomic E-state index is 0.166. The summed E-state index contributed by atoms with van der Waals surface area (Å²) in [5, 5.41) is -5.11. The Morgan fingerprint density at radius 3 is 2.00 bits per heavy atom. The molecule has 10 heteroatoms. The highest BCUT2D eigenvalue weighted by Crippen LogP contribution is 2.48. The van der Waals surface area contributed by atoms with E-state index in [0.29, 0.717) is 12.8 Å². The molecule has 4 atom stereocenters. The normalized spacial score (nSPS) is 30.1. The van der Waals surface area contributed by atoms with Crippen molar-refractivity contribution in [1.82, 2.24) is 0 Å². The maximum absolute atomic E-state index is 13.1. The molecule has 2 rings (SSSR count). The number of esters is 2. The van der Waals surface area contributed by atoms with Gasteiger partial charge in [0.05, 0.1) is 0 Å². The van der Waals surface area contributed by atoms with Crippen LogP contribution in [-0.4, -0.2) is 42.4 Å². The van der Waals surface area contributed by atoms with Crippen LogP contribution in [0.4, 0.5) is 8.78 Å². The van der Waals surface area contributed by atoms with Crippen molar-refractivity contribution < 1.29 is 40.8 Å². The highest BCUT2D eigenvalue weighted by molar-refractivity contribution is 7.87. The summed E-state index contributed by atoms with van der Waals surface area (Å²) >= 11 is 0. The van der Waals surface area contributed by atoms with Gasteiger partial charge < -0.3 is 14.0 Å². The second-order valence-electron chi connectivity index (χ2n) is 5.87. The molecule has 130 valence electrons. The second kappa shape index (κ2) is 5.82. The van der Waals surface area contributed by atoms with Crippen LogP contribution in [0.25, 0.3) is 0 Å². The number of ether oxygens (including phenoxy) is 2. The van der Waals surface area contributed by atoms with Gasteiger partial charge in [-0.1, -0.05) is 6.58 Å². The van der Waals surface area contributed by atoms with Crippen molar-refractivity contribution in [3.05, 3.63) is 12.2 Å². The van der Waals surface area contributed by atoms with Crippen LogP contribution in [0.2, 0.25) is 0 Å². The Balaban J connectivity index is 1.95. The molecular weight excluding hydrogens is 338 g/mol. The van der Waals surface area contributed by atoms with Crippen LogP contribution in [-0.2, 0) is 29.2 Å². The molecule has 4 unspecified atom stereocenters. The fourth-order valence-electron chi connectivity index (χ4n) is 3.01. The zero-order valence-corrected chi connectivity index (χ0v) is 13.0. The molecule has 0 spiro atoms. The van der Waals surface area contributed by atoms with Gasteiger partial charge in [0.15, 0.2) is 10.1 Å². The summed E-state index contributed by atoms with van der Waals surface area (Å²) in [5.74, 6) is -3.41. The van der Waals surface area contributed by atoms with E-state index >= 15 is 0 Å². The summed E-state index contributed by atoms with van der Waals surface area (Å²) in [5.41, 5.74) is 0.232. The van der Waals surface area contributed by atoms with Crippen molar-refractivity contribution in [2.24, 2.45) is 11.8 Å². The predicted molar refractivity (Wildman–Crippen MR) is 70.0 cm³/mol. The zero-order valence-electron chi connectivity index (χ0n) is 12.2. The molecular formula is C13H15F2O7S-. The van der Waals surface area contributed by atoms with Gasteiger partial charge in [-0.3, -0.25) is 0 Å². The fraction of sp³-hybridized carbons (Fsp3) is 0.692. The summed E-state index contributed by atoms with van der Waals surface area (Å²) in [6, 6.07) is 0. The van der Waals surface area contributed by atoms with E-state index in [1.54, 1.807) is 0 Å². The Morgan fingerprint density at radius 2 is 1.61 bits per heavy atom. The Bertz CT molecular complexity index is 643. The molecule has 0 aromatic heterocycles. The molecule has 2 saturated carbocycles. The first kappa shape index (κ1) is 17.8. The van der Waals surface area contributed by atoms with E-state index in [4.69, 9.17) is 4.74 Å². The number of hydrogen-bond donors (Lipinski definition) is 0. The molecule has 2 fully saturated rings. The molecule has 7 nitrogen and oxygen atoms in total. The van der Waals surface area contributed by atoms with E-state index in [1.807, 2.05) is 0 Å². The van der Waals surface area contributed by atoms with Gasteiger partial charge in [-0.2, -0.15) is 8.78 Å². The van der Waals surface area contributed by atoms with Gasteiger partial charge in [-0.25, -0.2) is 18.0 Å². The van der Waals surface area contributed by atoms with E-state index < -0.39 is 39.5 Å². The molecule has 0 N–H and O–H groups in total.